The molecule has 4 nitrogen and oxygen atoms in total. The Morgan fingerprint density at radius 3 is 1.25 bits per heavy atom. The summed E-state index contributed by atoms with van der Waals surface area (Å²) in [6.45, 7) is 0. The van der Waals surface area contributed by atoms with E-state index in [-0.39, 0.29) is 82.5 Å². The Hall–Kier alpha value is 2.59. The molecular weight excluding hydrogens is 186 g/mol. The second kappa shape index (κ2) is 9.59. The summed E-state index contributed by atoms with van der Waals surface area (Å²) < 4.78 is 8.88. The molecule has 3 N–H and O–H groups in total. The van der Waals surface area contributed by atoms with Gasteiger partial charge in [-0.25, -0.2) is 4.57 Å². The van der Waals surface area contributed by atoms with Gasteiger partial charge < -0.3 is 19.0 Å². The zero-order chi connectivity index (χ0) is 4.50. The Balaban J connectivity index is -0.00000000533. The predicted octanol–water partition coefficient (Wildman–Crippen LogP) is -5.42. The van der Waals surface area contributed by atoms with E-state index in [1.807, 2.05) is 0 Å². The van der Waals surface area contributed by atoms with Crippen molar-refractivity contribution in [2.24, 2.45) is 0 Å². The molecule has 0 aliphatic heterocycles. The Kier molecular flexibility index (Phi) is 26.9. The van der Waals surface area contributed by atoms with Crippen molar-refractivity contribution in [1.29, 1.82) is 0 Å². The number of rotatable bonds is 0. The molecule has 46 valence electrons. The first-order valence-electron chi connectivity index (χ1n) is 0.783. The molecule has 0 radical (unpaired) electrons. The van der Waals surface area contributed by atoms with Crippen LogP contribution in [0.1, 0.15) is 4.28 Å². The molecular formula is H10CaNaO4PSi. The molecule has 0 fully saturated rings. The van der Waals surface area contributed by atoms with E-state index in [4.69, 9.17) is 19.2 Å². The van der Waals surface area contributed by atoms with Crippen LogP contribution in [0.5, 0.6) is 0 Å². The van der Waals surface area contributed by atoms with Gasteiger partial charge >= 0.3 is 75.1 Å². The summed E-state index contributed by atoms with van der Waals surface area (Å²) in [4.78, 5) is 21.6. The third-order valence-corrected chi connectivity index (χ3v) is 0. The summed E-state index contributed by atoms with van der Waals surface area (Å²) in [6.07, 6.45) is 0. The van der Waals surface area contributed by atoms with E-state index in [0.717, 1.165) is 0 Å². The first-order valence-corrected chi connectivity index (χ1v) is 2.35. The van der Waals surface area contributed by atoms with Crippen molar-refractivity contribution in [2.45, 2.75) is 0 Å². The molecule has 0 bridgehead atoms. The van der Waals surface area contributed by atoms with Crippen molar-refractivity contribution >= 4 is 56.5 Å². The standard InChI is InChI=1S/Ca.Na.H3O4P.H4Si.3H/c;;1-5(2,3)4;;;;/h;;(H3,1,2,3,4);1H4;;;/q+2;+1;;;3*-1. The van der Waals surface area contributed by atoms with E-state index in [0.29, 0.717) is 0 Å². The van der Waals surface area contributed by atoms with Gasteiger partial charge in [0.25, 0.3) is 0 Å². The van der Waals surface area contributed by atoms with Crippen LogP contribution in [0.25, 0.3) is 0 Å². The van der Waals surface area contributed by atoms with Gasteiger partial charge in [-0.05, 0) is 11.0 Å². The molecule has 0 unspecified atom stereocenters. The van der Waals surface area contributed by atoms with Gasteiger partial charge in [0.05, 0.1) is 0 Å². The summed E-state index contributed by atoms with van der Waals surface area (Å²) in [5.41, 5.74) is 0. The Morgan fingerprint density at radius 2 is 1.25 bits per heavy atom. The summed E-state index contributed by atoms with van der Waals surface area (Å²) >= 11 is 0. The fourth-order valence-corrected chi connectivity index (χ4v) is 0. The fourth-order valence-electron chi connectivity index (χ4n) is 0. The maximum absolute atomic E-state index is 8.88. The first kappa shape index (κ1) is 22.4. The van der Waals surface area contributed by atoms with Crippen LogP contribution in [0.4, 0.5) is 0 Å². The van der Waals surface area contributed by atoms with Crippen molar-refractivity contribution in [2.75, 3.05) is 0 Å². The summed E-state index contributed by atoms with van der Waals surface area (Å²) in [5, 5.41) is 0. The van der Waals surface area contributed by atoms with Gasteiger partial charge in [0, 0.05) is 0 Å². The second-order valence-corrected chi connectivity index (χ2v) is 1.54. The Bertz CT molecular complexity index is 71.5. The molecule has 0 heterocycles. The minimum absolute atomic E-state index is 0. The molecule has 8 heavy (non-hydrogen) atoms. The van der Waals surface area contributed by atoms with E-state index in [9.17, 15) is 0 Å². The smallest absolute Gasteiger partial charge is 1.00 e. The SMILES string of the molecule is O=P(O)(O)O.[Ca+2].[H-].[H-].[H-].[Na+].[SiH4]. The van der Waals surface area contributed by atoms with E-state index >= 15 is 0 Å². The van der Waals surface area contributed by atoms with E-state index in [1.165, 1.54) is 0 Å². The molecule has 0 atom stereocenters. The summed E-state index contributed by atoms with van der Waals surface area (Å²) in [5.74, 6) is 0. The van der Waals surface area contributed by atoms with Crippen LogP contribution in [-0.4, -0.2) is 63.4 Å². The zero-order valence-corrected chi connectivity index (χ0v) is 9.01. The van der Waals surface area contributed by atoms with E-state index in [1.54, 1.807) is 0 Å². The Labute approximate surface area is 108 Å². The average molecular weight is 196 g/mol. The maximum Gasteiger partial charge on any atom is 2.00 e. The molecule has 0 amide bonds. The quantitative estimate of drug-likeness (QED) is 0.267. The Morgan fingerprint density at radius 1 is 1.25 bits per heavy atom. The van der Waals surface area contributed by atoms with Gasteiger partial charge in [-0.15, -0.1) is 0 Å². The van der Waals surface area contributed by atoms with Gasteiger partial charge in [0.15, 0.2) is 0 Å². The van der Waals surface area contributed by atoms with Crippen LogP contribution in [-0.2, 0) is 4.57 Å². The topological polar surface area (TPSA) is 77.8 Å². The number of hydrogen-bond donors (Lipinski definition) is 3. The van der Waals surface area contributed by atoms with Gasteiger partial charge in [-0.2, -0.15) is 0 Å². The largest absolute Gasteiger partial charge is 2.00 e. The molecule has 0 rings (SSSR count). The third kappa shape index (κ3) is 73.9. The molecule has 0 aromatic heterocycles. The van der Waals surface area contributed by atoms with Crippen molar-refractivity contribution in [3.63, 3.8) is 0 Å². The van der Waals surface area contributed by atoms with E-state index in [2.05, 4.69) is 0 Å². The van der Waals surface area contributed by atoms with E-state index < -0.39 is 7.82 Å². The van der Waals surface area contributed by atoms with Crippen LogP contribution in [0.3, 0.4) is 0 Å². The molecule has 0 saturated carbocycles. The molecule has 0 spiro atoms. The molecule has 8 heteroatoms. The molecule has 0 aliphatic carbocycles. The molecule has 0 aromatic carbocycles. The van der Waals surface area contributed by atoms with Crippen LogP contribution >= 0.6 is 7.82 Å². The van der Waals surface area contributed by atoms with Crippen molar-refractivity contribution in [3.05, 3.63) is 0 Å². The normalized spacial score (nSPS) is 7.38. The molecule has 0 aliphatic rings. The van der Waals surface area contributed by atoms with Gasteiger partial charge in [0.2, 0.25) is 0 Å². The van der Waals surface area contributed by atoms with Crippen LogP contribution in [0.2, 0.25) is 0 Å². The summed E-state index contributed by atoms with van der Waals surface area (Å²) in [7, 11) is -4.64. The second-order valence-electron chi connectivity index (χ2n) is 0.513. The van der Waals surface area contributed by atoms with Crippen molar-refractivity contribution in [1.82, 2.24) is 0 Å². The third-order valence-electron chi connectivity index (χ3n) is 0. The zero-order valence-electron chi connectivity index (χ0n) is 6.90. The maximum atomic E-state index is 8.88. The minimum atomic E-state index is -4.64. The summed E-state index contributed by atoms with van der Waals surface area (Å²) in [6, 6.07) is 0. The van der Waals surface area contributed by atoms with Gasteiger partial charge in [-0.3, -0.25) is 0 Å². The molecule has 0 saturated heterocycles. The van der Waals surface area contributed by atoms with Gasteiger partial charge in [-0.1, -0.05) is 0 Å². The predicted molar refractivity (Wildman–Crippen MR) is 34.7 cm³/mol. The van der Waals surface area contributed by atoms with Crippen molar-refractivity contribution < 1.29 is 53.1 Å². The minimum Gasteiger partial charge on any atom is -1.00 e. The average Bonchev–Trinajstić information content (AvgIpc) is 0.722. The number of hydrogen-bond acceptors (Lipinski definition) is 1. The van der Waals surface area contributed by atoms with Crippen LogP contribution < -0.4 is 29.6 Å². The van der Waals surface area contributed by atoms with Crippen LogP contribution in [0, 0.1) is 0 Å². The fraction of sp³-hybridized carbons (Fsp3) is 0. The number of phosphoric acid groups is 1. The van der Waals surface area contributed by atoms with Gasteiger partial charge in [0.1, 0.15) is 0 Å². The van der Waals surface area contributed by atoms with Crippen molar-refractivity contribution in [3.8, 4) is 0 Å². The molecule has 0 aromatic rings. The van der Waals surface area contributed by atoms with Crippen LogP contribution in [0.15, 0.2) is 0 Å². The first-order chi connectivity index (χ1) is 2.00. The monoisotopic (exact) mass is 196 g/mol.